The van der Waals surface area contributed by atoms with Gasteiger partial charge in [-0.1, -0.05) is 12.1 Å². The van der Waals surface area contributed by atoms with E-state index in [0.717, 1.165) is 24.8 Å². The number of benzene rings is 2. The molecular formula is C26H29F2N5O4S. The molecule has 1 fully saturated rings. The first-order valence-corrected chi connectivity index (χ1v) is 13.0. The van der Waals surface area contributed by atoms with Gasteiger partial charge in [-0.05, 0) is 80.0 Å². The van der Waals surface area contributed by atoms with Gasteiger partial charge in [-0.2, -0.15) is 19.1 Å². The largest absolute Gasteiger partial charge is 0.508 e. The normalized spacial score (nSPS) is 19.8. The first-order chi connectivity index (χ1) is 17.7. The van der Waals surface area contributed by atoms with E-state index in [1.807, 2.05) is 12.1 Å². The van der Waals surface area contributed by atoms with E-state index in [1.54, 1.807) is 23.0 Å². The molecule has 202 valence electrons. The number of alkyl halides is 2. The van der Waals surface area contributed by atoms with Crippen LogP contribution in [0, 0.1) is 17.2 Å². The van der Waals surface area contributed by atoms with Crippen LogP contribution in [0.15, 0.2) is 59.6 Å². The van der Waals surface area contributed by atoms with Crippen molar-refractivity contribution in [3.05, 3.63) is 65.9 Å². The number of aromatic nitrogens is 2. The van der Waals surface area contributed by atoms with E-state index in [4.69, 9.17) is 5.73 Å². The smallest absolute Gasteiger partial charge is 0.316 e. The monoisotopic (exact) mass is 545 g/mol. The van der Waals surface area contributed by atoms with Crippen LogP contribution in [0.3, 0.4) is 0 Å². The maximum absolute atomic E-state index is 12.7. The van der Waals surface area contributed by atoms with Gasteiger partial charge in [0.05, 0.1) is 18.0 Å². The number of nitrogens with one attached hydrogen (secondary N) is 1. The van der Waals surface area contributed by atoms with E-state index >= 15 is 0 Å². The molecule has 2 aromatic carbocycles. The third-order valence-electron chi connectivity index (χ3n) is 6.88. The Bertz CT molecular complexity index is 1310. The number of anilines is 2. The molecule has 1 unspecified atom stereocenters. The third-order valence-corrected chi connectivity index (χ3v) is 7.94. The number of nitrogens with two attached hydrogens (primary N) is 1. The van der Waals surface area contributed by atoms with Crippen LogP contribution in [0.4, 0.5) is 20.3 Å². The Labute approximate surface area is 221 Å². The number of phenolic OH excluding ortho intramolecular Hbond substituents is 1. The van der Waals surface area contributed by atoms with Gasteiger partial charge in [0.25, 0.3) is 5.91 Å². The van der Waals surface area contributed by atoms with Crippen LogP contribution < -0.4 is 11.1 Å². The highest BCUT2D eigenvalue weighted by molar-refractivity contribution is 7.85. The zero-order valence-electron chi connectivity index (χ0n) is 20.4. The van der Waals surface area contributed by atoms with Crippen molar-refractivity contribution in [2.45, 2.75) is 54.7 Å². The molecule has 1 heterocycles. The number of phenols is 1. The average molecular weight is 546 g/mol. The summed E-state index contributed by atoms with van der Waals surface area (Å²) >= 11 is 0. The lowest BCUT2D eigenvalue weighted by Gasteiger charge is -2.39. The molecule has 6 N–H and O–H groups in total. The SMILES string of the molecule is N#CCC1(n2cc(C(N)=O)c(Nc3ccc(S(=O)C(F)F)cc3)n2)CCC(Cc2ccc(O)cc2)CC1.O. The minimum Gasteiger partial charge on any atom is -0.508 e. The van der Waals surface area contributed by atoms with Crippen molar-refractivity contribution in [2.24, 2.45) is 11.7 Å². The molecule has 1 aliphatic rings. The molecular weight excluding hydrogens is 516 g/mol. The second-order valence-electron chi connectivity index (χ2n) is 9.28. The maximum atomic E-state index is 12.7. The second-order valence-corrected chi connectivity index (χ2v) is 10.7. The van der Waals surface area contributed by atoms with Crippen LogP contribution in [0.5, 0.6) is 5.75 Å². The lowest BCUT2D eigenvalue weighted by molar-refractivity contribution is 0.1000. The molecule has 0 saturated heterocycles. The van der Waals surface area contributed by atoms with Gasteiger partial charge >= 0.3 is 5.76 Å². The molecule has 1 aliphatic carbocycles. The van der Waals surface area contributed by atoms with E-state index in [9.17, 15) is 28.2 Å². The number of aromatic hydroxyl groups is 1. The van der Waals surface area contributed by atoms with E-state index in [-0.39, 0.29) is 33.9 Å². The number of halogens is 2. The van der Waals surface area contributed by atoms with Gasteiger partial charge in [0.15, 0.2) is 5.82 Å². The van der Waals surface area contributed by atoms with Crippen molar-refractivity contribution in [1.82, 2.24) is 9.78 Å². The molecule has 1 aromatic heterocycles. The molecule has 12 heteroatoms. The van der Waals surface area contributed by atoms with Crippen molar-refractivity contribution in [3.63, 3.8) is 0 Å². The van der Waals surface area contributed by atoms with Crippen molar-refractivity contribution in [3.8, 4) is 11.8 Å². The standard InChI is InChI=1S/C26H27F2N5O3S.H2O/c27-25(28)37(36)21-7-3-19(4-8-21)31-24-22(23(30)35)16-33(32-24)26(13-14-29)11-9-18(10-12-26)15-17-1-5-20(34)6-2-17;/h1-8,16,18,25,34H,9-13,15H2,(H2,30,35)(H,31,32);1H2. The minimum atomic E-state index is -2.98. The number of nitriles is 1. The first kappa shape index (κ1) is 28.7. The highest BCUT2D eigenvalue weighted by Crippen LogP contribution is 2.42. The van der Waals surface area contributed by atoms with Crippen LogP contribution in [0.25, 0.3) is 0 Å². The number of carbonyl (C=O) groups is 1. The van der Waals surface area contributed by atoms with Gasteiger partial charge in [0, 0.05) is 16.8 Å². The van der Waals surface area contributed by atoms with E-state index in [0.29, 0.717) is 24.4 Å². The maximum Gasteiger partial charge on any atom is 0.316 e. The van der Waals surface area contributed by atoms with Crippen molar-refractivity contribution >= 4 is 28.2 Å². The van der Waals surface area contributed by atoms with Crippen LogP contribution in [-0.4, -0.2) is 36.2 Å². The van der Waals surface area contributed by atoms with E-state index < -0.39 is 28.0 Å². The third kappa shape index (κ3) is 6.35. The zero-order valence-corrected chi connectivity index (χ0v) is 21.3. The Morgan fingerprint density at radius 1 is 1.21 bits per heavy atom. The number of hydrogen-bond donors (Lipinski definition) is 3. The first-order valence-electron chi connectivity index (χ1n) is 11.8. The van der Waals surface area contributed by atoms with Gasteiger partial charge in [-0.3, -0.25) is 9.48 Å². The predicted octanol–water partition coefficient (Wildman–Crippen LogP) is 3.98. The van der Waals surface area contributed by atoms with Crippen LogP contribution in [0.2, 0.25) is 0 Å². The molecule has 1 amide bonds. The number of hydrogen-bond acceptors (Lipinski definition) is 6. The predicted molar refractivity (Wildman–Crippen MR) is 138 cm³/mol. The number of primary amides is 1. The fourth-order valence-corrected chi connectivity index (χ4v) is 5.43. The van der Waals surface area contributed by atoms with Crippen LogP contribution in [-0.2, 0) is 22.8 Å². The summed E-state index contributed by atoms with van der Waals surface area (Å²) in [5, 5.41) is 26.7. The summed E-state index contributed by atoms with van der Waals surface area (Å²) in [4.78, 5) is 12.2. The van der Waals surface area contributed by atoms with E-state index in [2.05, 4.69) is 16.5 Å². The van der Waals surface area contributed by atoms with Gasteiger partial charge in [0.1, 0.15) is 22.1 Å². The summed E-state index contributed by atoms with van der Waals surface area (Å²) in [5.74, 6) is -2.84. The molecule has 0 bridgehead atoms. The Balaban J connectivity index is 0.00000400. The van der Waals surface area contributed by atoms with Crippen LogP contribution >= 0.6 is 0 Å². The fraction of sp³-hybridized carbons (Fsp3) is 0.346. The van der Waals surface area contributed by atoms with Crippen LogP contribution in [0.1, 0.15) is 48.0 Å². The molecule has 0 spiro atoms. The number of rotatable bonds is 9. The Hall–Kier alpha value is -3.82. The van der Waals surface area contributed by atoms with Gasteiger partial charge < -0.3 is 21.6 Å². The second kappa shape index (κ2) is 12.1. The molecule has 1 saturated carbocycles. The minimum absolute atomic E-state index is 0. The summed E-state index contributed by atoms with van der Waals surface area (Å²) in [6, 6.07) is 15.0. The Morgan fingerprint density at radius 3 is 2.39 bits per heavy atom. The molecule has 1 atom stereocenters. The summed E-state index contributed by atoms with van der Waals surface area (Å²) in [7, 11) is -2.42. The molecule has 0 aliphatic heterocycles. The molecule has 38 heavy (non-hydrogen) atoms. The topological polar surface area (TPSA) is 166 Å². The van der Waals surface area contributed by atoms with Crippen molar-refractivity contribution < 1.29 is 28.4 Å². The molecule has 4 rings (SSSR count). The number of nitrogens with zero attached hydrogens (tertiary/aromatic N) is 3. The van der Waals surface area contributed by atoms with Gasteiger partial charge in [0.2, 0.25) is 0 Å². The lowest BCUT2D eigenvalue weighted by atomic mass is 9.73. The summed E-state index contributed by atoms with van der Waals surface area (Å²) < 4.78 is 38.7. The highest BCUT2D eigenvalue weighted by atomic mass is 32.2. The Kier molecular flexibility index (Phi) is 9.19. The summed E-state index contributed by atoms with van der Waals surface area (Å²) in [6.07, 6.45) is 5.75. The highest BCUT2D eigenvalue weighted by Gasteiger charge is 2.38. The molecule has 0 radical (unpaired) electrons. The van der Waals surface area contributed by atoms with Gasteiger partial charge in [-0.15, -0.1) is 0 Å². The summed E-state index contributed by atoms with van der Waals surface area (Å²) in [5.41, 5.74) is 6.75. The molecule has 3 aromatic rings. The molecule has 9 nitrogen and oxygen atoms in total. The Morgan fingerprint density at radius 2 is 1.84 bits per heavy atom. The van der Waals surface area contributed by atoms with Crippen molar-refractivity contribution in [2.75, 3.05) is 5.32 Å². The summed E-state index contributed by atoms with van der Waals surface area (Å²) in [6.45, 7) is 0. The number of amides is 1. The lowest BCUT2D eigenvalue weighted by Crippen LogP contribution is -2.38. The quantitative estimate of drug-likeness (QED) is 0.368. The average Bonchev–Trinajstić information content (AvgIpc) is 3.31. The van der Waals surface area contributed by atoms with Crippen molar-refractivity contribution in [1.29, 1.82) is 5.26 Å². The fourth-order valence-electron chi connectivity index (χ4n) is 4.82. The number of carbonyl (C=O) groups excluding carboxylic acids is 1. The zero-order chi connectivity index (χ0) is 26.6. The van der Waals surface area contributed by atoms with Gasteiger partial charge in [-0.25, -0.2) is 4.21 Å². The van der Waals surface area contributed by atoms with E-state index in [1.165, 1.54) is 24.3 Å².